The van der Waals surface area contributed by atoms with Gasteiger partial charge in [-0.05, 0) is 31.5 Å². The van der Waals surface area contributed by atoms with Crippen LogP contribution in [0.5, 0.6) is 0 Å². The van der Waals surface area contributed by atoms with Crippen molar-refractivity contribution in [1.29, 1.82) is 0 Å². The van der Waals surface area contributed by atoms with Gasteiger partial charge < -0.3 is 9.64 Å². The second-order valence-electron chi connectivity index (χ2n) is 6.96. The molecule has 0 aliphatic carbocycles. The Balaban J connectivity index is 1.84. The predicted molar refractivity (Wildman–Crippen MR) is 102 cm³/mol. The highest BCUT2D eigenvalue weighted by molar-refractivity contribution is 7.89. The Morgan fingerprint density at radius 2 is 1.50 bits per heavy atom. The standard InChI is InChI=1S/C20H26N2O3S/c1-16-3-7-18(8-4-16)20(15-22-11-13-25-14-12-22)21-26(23,24)19-9-5-17(2)6-10-19/h3-10,20-21H,11-15H2,1-2H3/p+1/t20-/m0/s1. The fraction of sp³-hybridized carbons (Fsp3) is 0.400. The summed E-state index contributed by atoms with van der Waals surface area (Å²) < 4.78 is 34.1. The lowest BCUT2D eigenvalue weighted by Gasteiger charge is -2.28. The van der Waals surface area contributed by atoms with Crippen molar-refractivity contribution in [2.75, 3.05) is 32.8 Å². The monoisotopic (exact) mass is 375 g/mol. The molecule has 1 saturated heterocycles. The van der Waals surface area contributed by atoms with Crippen LogP contribution in [0.25, 0.3) is 0 Å². The topological polar surface area (TPSA) is 59.8 Å². The molecule has 1 fully saturated rings. The van der Waals surface area contributed by atoms with E-state index < -0.39 is 10.0 Å². The third-order valence-corrected chi connectivity index (χ3v) is 6.29. The molecule has 2 N–H and O–H groups in total. The third-order valence-electron chi connectivity index (χ3n) is 4.80. The van der Waals surface area contributed by atoms with E-state index in [-0.39, 0.29) is 6.04 Å². The number of ether oxygens (including phenoxy) is 1. The summed E-state index contributed by atoms with van der Waals surface area (Å²) in [6, 6.07) is 14.8. The van der Waals surface area contributed by atoms with E-state index in [0.29, 0.717) is 11.4 Å². The van der Waals surface area contributed by atoms with Gasteiger partial charge in [-0.2, -0.15) is 4.72 Å². The number of rotatable bonds is 6. The van der Waals surface area contributed by atoms with Gasteiger partial charge in [-0.3, -0.25) is 0 Å². The maximum Gasteiger partial charge on any atom is 0.241 e. The first kappa shape index (κ1) is 19.0. The highest BCUT2D eigenvalue weighted by atomic mass is 32.2. The molecule has 1 aliphatic rings. The van der Waals surface area contributed by atoms with Gasteiger partial charge in [0.05, 0.1) is 30.7 Å². The second kappa shape index (κ2) is 8.31. The molecular weight excluding hydrogens is 348 g/mol. The molecule has 0 bridgehead atoms. The van der Waals surface area contributed by atoms with Crippen LogP contribution in [0.1, 0.15) is 22.7 Å². The van der Waals surface area contributed by atoms with E-state index in [1.54, 1.807) is 12.1 Å². The highest BCUT2D eigenvalue weighted by Crippen LogP contribution is 2.18. The first-order valence-electron chi connectivity index (χ1n) is 9.01. The minimum absolute atomic E-state index is 0.269. The van der Waals surface area contributed by atoms with Gasteiger partial charge in [0, 0.05) is 0 Å². The second-order valence-corrected chi connectivity index (χ2v) is 8.68. The maximum absolute atomic E-state index is 12.9. The summed E-state index contributed by atoms with van der Waals surface area (Å²) in [6.07, 6.45) is 0. The van der Waals surface area contributed by atoms with Gasteiger partial charge in [-0.25, -0.2) is 8.42 Å². The maximum atomic E-state index is 12.9. The van der Waals surface area contributed by atoms with Crippen LogP contribution in [-0.2, 0) is 14.8 Å². The number of morpholine rings is 1. The van der Waals surface area contributed by atoms with Gasteiger partial charge in [-0.15, -0.1) is 0 Å². The van der Waals surface area contributed by atoms with Crippen molar-refractivity contribution < 1.29 is 18.1 Å². The fourth-order valence-corrected chi connectivity index (χ4v) is 4.38. The summed E-state index contributed by atoms with van der Waals surface area (Å²) in [7, 11) is -3.58. The lowest BCUT2D eigenvalue weighted by Crippen LogP contribution is -3.14. The summed E-state index contributed by atoms with van der Waals surface area (Å²) in [4.78, 5) is 1.66. The molecule has 6 heteroatoms. The molecule has 2 aromatic rings. The van der Waals surface area contributed by atoms with Crippen molar-refractivity contribution in [3.8, 4) is 0 Å². The van der Waals surface area contributed by atoms with Crippen LogP contribution in [-0.4, -0.2) is 41.3 Å². The first-order valence-corrected chi connectivity index (χ1v) is 10.5. The Labute approximate surface area is 156 Å². The molecule has 1 atom stereocenters. The number of nitrogens with one attached hydrogen (secondary N) is 2. The van der Waals surface area contributed by atoms with Crippen molar-refractivity contribution >= 4 is 10.0 Å². The molecule has 1 aliphatic heterocycles. The summed E-state index contributed by atoms with van der Waals surface area (Å²) in [5, 5.41) is 0. The average molecular weight is 376 g/mol. The van der Waals surface area contributed by atoms with E-state index in [0.717, 1.165) is 43.0 Å². The molecule has 0 saturated carbocycles. The number of quaternary nitrogens is 1. The number of aryl methyl sites for hydroxylation is 2. The van der Waals surface area contributed by atoms with E-state index >= 15 is 0 Å². The SMILES string of the molecule is Cc1ccc([C@H](C[NH+]2CCOCC2)NS(=O)(=O)c2ccc(C)cc2)cc1. The minimum Gasteiger partial charge on any atom is -0.370 e. The van der Waals surface area contributed by atoms with Gasteiger partial charge in [0.25, 0.3) is 0 Å². The molecule has 0 spiro atoms. The first-order chi connectivity index (χ1) is 12.4. The van der Waals surface area contributed by atoms with Gasteiger partial charge in [0.2, 0.25) is 10.0 Å². The summed E-state index contributed by atoms with van der Waals surface area (Å²) in [5.74, 6) is 0. The Morgan fingerprint density at radius 3 is 2.08 bits per heavy atom. The van der Waals surface area contributed by atoms with E-state index in [2.05, 4.69) is 4.72 Å². The van der Waals surface area contributed by atoms with Gasteiger partial charge in [0.1, 0.15) is 13.1 Å². The van der Waals surface area contributed by atoms with E-state index in [1.165, 1.54) is 4.90 Å². The number of hydrogen-bond donors (Lipinski definition) is 2. The smallest absolute Gasteiger partial charge is 0.241 e. The average Bonchev–Trinajstić information content (AvgIpc) is 2.63. The Hall–Kier alpha value is -1.73. The van der Waals surface area contributed by atoms with E-state index in [4.69, 9.17) is 4.74 Å². The van der Waals surface area contributed by atoms with Crippen LogP contribution in [0, 0.1) is 13.8 Å². The number of sulfonamides is 1. The molecule has 5 nitrogen and oxygen atoms in total. The van der Waals surface area contributed by atoms with Crippen molar-refractivity contribution in [3.63, 3.8) is 0 Å². The Bertz CT molecular complexity index is 811. The highest BCUT2D eigenvalue weighted by Gasteiger charge is 2.26. The lowest BCUT2D eigenvalue weighted by atomic mass is 10.1. The zero-order chi connectivity index (χ0) is 18.6. The largest absolute Gasteiger partial charge is 0.370 e. The third kappa shape index (κ3) is 4.92. The zero-order valence-electron chi connectivity index (χ0n) is 15.4. The van der Waals surface area contributed by atoms with Gasteiger partial charge >= 0.3 is 0 Å². The molecular formula is C20H27N2O3S+. The van der Waals surface area contributed by atoms with Crippen LogP contribution in [0.4, 0.5) is 0 Å². The van der Waals surface area contributed by atoms with E-state index in [1.807, 2.05) is 50.2 Å². The molecule has 0 aromatic heterocycles. The Kier molecular flexibility index (Phi) is 6.09. The van der Waals surface area contributed by atoms with Gasteiger partial charge in [0.15, 0.2) is 0 Å². The van der Waals surface area contributed by atoms with Crippen LogP contribution < -0.4 is 9.62 Å². The molecule has 0 radical (unpaired) electrons. The van der Waals surface area contributed by atoms with Crippen LogP contribution in [0.3, 0.4) is 0 Å². The molecule has 26 heavy (non-hydrogen) atoms. The fourth-order valence-electron chi connectivity index (χ4n) is 3.15. The molecule has 1 heterocycles. The lowest BCUT2D eigenvalue weighted by molar-refractivity contribution is -0.909. The van der Waals surface area contributed by atoms with Crippen LogP contribution >= 0.6 is 0 Å². The molecule has 0 amide bonds. The quantitative estimate of drug-likeness (QED) is 0.799. The number of benzene rings is 2. The van der Waals surface area contributed by atoms with Crippen molar-refractivity contribution in [2.24, 2.45) is 0 Å². The normalized spacial score (nSPS) is 17.2. The minimum atomic E-state index is -3.58. The van der Waals surface area contributed by atoms with Crippen molar-refractivity contribution in [1.82, 2.24) is 4.72 Å². The summed E-state index contributed by atoms with van der Waals surface area (Å²) >= 11 is 0. The van der Waals surface area contributed by atoms with Gasteiger partial charge in [-0.1, -0.05) is 47.5 Å². The predicted octanol–water partition coefficient (Wildman–Crippen LogP) is 1.24. The number of hydrogen-bond acceptors (Lipinski definition) is 3. The zero-order valence-corrected chi connectivity index (χ0v) is 16.2. The summed E-state index contributed by atoms with van der Waals surface area (Å²) in [6.45, 7) is 7.92. The molecule has 0 unspecified atom stereocenters. The molecule has 140 valence electrons. The van der Waals surface area contributed by atoms with Crippen molar-refractivity contribution in [3.05, 3.63) is 65.2 Å². The van der Waals surface area contributed by atoms with Crippen molar-refractivity contribution in [2.45, 2.75) is 24.8 Å². The summed E-state index contributed by atoms with van der Waals surface area (Å²) in [5.41, 5.74) is 3.19. The van der Waals surface area contributed by atoms with E-state index in [9.17, 15) is 8.42 Å². The van der Waals surface area contributed by atoms with Crippen LogP contribution in [0.2, 0.25) is 0 Å². The molecule has 2 aromatic carbocycles. The van der Waals surface area contributed by atoms with Crippen LogP contribution in [0.15, 0.2) is 53.4 Å². The Morgan fingerprint density at radius 1 is 0.962 bits per heavy atom. The molecule has 3 rings (SSSR count).